The number of carbonyl (C=O) groups is 1. The molecule has 0 radical (unpaired) electrons. The van der Waals surface area contributed by atoms with E-state index in [2.05, 4.69) is 11.5 Å². The van der Waals surface area contributed by atoms with Crippen molar-refractivity contribution in [3.05, 3.63) is 28.6 Å². The summed E-state index contributed by atoms with van der Waals surface area (Å²) >= 11 is 0. The van der Waals surface area contributed by atoms with E-state index in [1.165, 1.54) is 5.01 Å². The second kappa shape index (κ2) is 8.28. The Labute approximate surface area is 161 Å². The molecule has 0 saturated carbocycles. The number of carbonyl (C=O) groups excluding carboxylic acids is 1. The van der Waals surface area contributed by atoms with Crippen molar-refractivity contribution in [2.75, 3.05) is 25.6 Å². The average molecular weight is 393 g/mol. The summed E-state index contributed by atoms with van der Waals surface area (Å²) in [5.41, 5.74) is 2.93. The van der Waals surface area contributed by atoms with E-state index in [-0.39, 0.29) is 17.1 Å². The third kappa shape index (κ3) is 4.60. The monoisotopic (exact) mass is 392 g/mol. The van der Waals surface area contributed by atoms with Gasteiger partial charge in [0.2, 0.25) is 0 Å². The van der Waals surface area contributed by atoms with Crippen molar-refractivity contribution in [2.45, 2.75) is 46.2 Å². The third-order valence-electron chi connectivity index (χ3n) is 4.90. The summed E-state index contributed by atoms with van der Waals surface area (Å²) in [4.78, 5) is 13.0. The van der Waals surface area contributed by atoms with Crippen LogP contribution in [-0.2, 0) is 21.2 Å². The number of hydrogen-bond donors (Lipinski definition) is 0. The van der Waals surface area contributed by atoms with Crippen LogP contribution in [0.2, 0.25) is 0 Å². The van der Waals surface area contributed by atoms with Crippen LogP contribution in [0.1, 0.15) is 36.7 Å². The van der Waals surface area contributed by atoms with Gasteiger partial charge in [0, 0.05) is 32.0 Å². The van der Waals surface area contributed by atoms with Gasteiger partial charge in [-0.3, -0.25) is 9.80 Å². The Kier molecular flexibility index (Phi) is 6.50. The molecule has 1 saturated heterocycles. The summed E-state index contributed by atoms with van der Waals surface area (Å²) in [6.07, 6.45) is 2.99. The van der Waals surface area contributed by atoms with Crippen LogP contribution in [0.3, 0.4) is 0 Å². The van der Waals surface area contributed by atoms with Crippen molar-refractivity contribution < 1.29 is 13.2 Å². The van der Waals surface area contributed by atoms with Gasteiger partial charge >= 0.3 is 0 Å². The molecule has 0 aromatic carbocycles. The molecule has 27 heavy (non-hydrogen) atoms. The van der Waals surface area contributed by atoms with Crippen molar-refractivity contribution in [1.82, 2.24) is 14.6 Å². The Bertz CT molecular complexity index is 891. The maximum atomic E-state index is 13.0. The fourth-order valence-electron chi connectivity index (χ4n) is 3.60. The van der Waals surface area contributed by atoms with Crippen LogP contribution in [0, 0.1) is 25.2 Å². The molecule has 1 amide bonds. The summed E-state index contributed by atoms with van der Waals surface area (Å²) < 4.78 is 25.8. The van der Waals surface area contributed by atoms with Crippen molar-refractivity contribution in [3.63, 3.8) is 0 Å². The number of amides is 1. The van der Waals surface area contributed by atoms with Crippen LogP contribution in [0.25, 0.3) is 6.08 Å². The zero-order valence-electron chi connectivity index (χ0n) is 16.7. The third-order valence-corrected chi connectivity index (χ3v) is 6.65. The number of hydrazine groups is 1. The van der Waals surface area contributed by atoms with Gasteiger partial charge in [-0.2, -0.15) is 5.26 Å². The first-order valence-electron chi connectivity index (χ1n) is 9.11. The van der Waals surface area contributed by atoms with E-state index in [1.807, 2.05) is 26.0 Å². The van der Waals surface area contributed by atoms with Gasteiger partial charge in [0.05, 0.1) is 17.5 Å². The fourth-order valence-corrected chi connectivity index (χ4v) is 5.30. The Morgan fingerprint density at radius 3 is 2.56 bits per heavy atom. The molecule has 0 aliphatic carbocycles. The molecule has 2 heterocycles. The van der Waals surface area contributed by atoms with Gasteiger partial charge < -0.3 is 4.57 Å². The van der Waals surface area contributed by atoms with E-state index >= 15 is 0 Å². The predicted molar refractivity (Wildman–Crippen MR) is 105 cm³/mol. The van der Waals surface area contributed by atoms with Gasteiger partial charge in [-0.05, 0) is 44.4 Å². The molecule has 1 unspecified atom stereocenters. The zero-order valence-corrected chi connectivity index (χ0v) is 17.5. The van der Waals surface area contributed by atoms with Crippen molar-refractivity contribution in [1.29, 1.82) is 5.26 Å². The topological polar surface area (TPSA) is 86.4 Å². The molecule has 2 rings (SSSR count). The van der Waals surface area contributed by atoms with Gasteiger partial charge in [-0.25, -0.2) is 13.4 Å². The van der Waals surface area contributed by atoms with E-state index < -0.39 is 21.8 Å². The van der Waals surface area contributed by atoms with Gasteiger partial charge in [0.1, 0.15) is 11.6 Å². The minimum atomic E-state index is -3.14. The van der Waals surface area contributed by atoms with Crippen molar-refractivity contribution in [3.8, 4) is 6.07 Å². The number of rotatable bonds is 6. The molecule has 8 heteroatoms. The SMILES string of the molecule is CCCn1c(C)cc(/C=C(/C#N)C(=O)N(C2CCS(=O)(=O)C2)N(C)C)c1C. The molecule has 0 spiro atoms. The van der Waals surface area contributed by atoms with Crippen LogP contribution in [0.4, 0.5) is 0 Å². The quantitative estimate of drug-likeness (QED) is 0.419. The molecular weight excluding hydrogens is 364 g/mol. The molecule has 1 aromatic rings. The number of nitriles is 1. The lowest BCUT2D eigenvalue weighted by Gasteiger charge is -2.33. The van der Waals surface area contributed by atoms with Gasteiger partial charge in [-0.15, -0.1) is 0 Å². The molecule has 1 fully saturated rings. The Morgan fingerprint density at radius 2 is 2.07 bits per heavy atom. The zero-order chi connectivity index (χ0) is 20.4. The lowest BCUT2D eigenvalue weighted by Crippen LogP contribution is -2.49. The van der Waals surface area contributed by atoms with Gasteiger partial charge in [0.25, 0.3) is 5.91 Å². The molecular formula is C19H28N4O3S. The predicted octanol–water partition coefficient (Wildman–Crippen LogP) is 1.91. The van der Waals surface area contributed by atoms with Crippen LogP contribution in [0.15, 0.2) is 11.6 Å². The number of sulfone groups is 1. The smallest absolute Gasteiger partial charge is 0.279 e. The Hall–Kier alpha value is -2.11. The highest BCUT2D eigenvalue weighted by molar-refractivity contribution is 7.91. The number of aryl methyl sites for hydroxylation is 1. The maximum Gasteiger partial charge on any atom is 0.279 e. The van der Waals surface area contributed by atoms with E-state index in [4.69, 9.17) is 0 Å². The molecule has 1 atom stereocenters. The summed E-state index contributed by atoms with van der Waals surface area (Å²) in [5.74, 6) is -0.468. The summed E-state index contributed by atoms with van der Waals surface area (Å²) in [6.45, 7) is 6.96. The summed E-state index contributed by atoms with van der Waals surface area (Å²) in [7, 11) is 0.231. The molecule has 148 valence electrons. The largest absolute Gasteiger partial charge is 0.349 e. The van der Waals surface area contributed by atoms with Crippen molar-refractivity contribution >= 4 is 21.8 Å². The van der Waals surface area contributed by atoms with Crippen LogP contribution in [0.5, 0.6) is 0 Å². The number of nitrogens with zero attached hydrogens (tertiary/aromatic N) is 4. The molecule has 1 aliphatic rings. The molecule has 7 nitrogen and oxygen atoms in total. The van der Waals surface area contributed by atoms with Crippen LogP contribution >= 0.6 is 0 Å². The first kappa shape index (κ1) is 21.2. The first-order chi connectivity index (χ1) is 12.6. The summed E-state index contributed by atoms with van der Waals surface area (Å²) in [6, 6.07) is 3.53. The molecule has 0 N–H and O–H groups in total. The lowest BCUT2D eigenvalue weighted by atomic mass is 10.1. The van der Waals surface area contributed by atoms with Crippen molar-refractivity contribution in [2.24, 2.45) is 0 Å². The fraction of sp³-hybridized carbons (Fsp3) is 0.579. The maximum absolute atomic E-state index is 13.0. The number of hydrogen-bond acceptors (Lipinski definition) is 5. The molecule has 1 aromatic heterocycles. The minimum absolute atomic E-state index is 0.00439. The Balaban J connectivity index is 2.38. The molecule has 1 aliphatic heterocycles. The van der Waals surface area contributed by atoms with Crippen LogP contribution < -0.4 is 0 Å². The molecule has 0 bridgehead atoms. The lowest BCUT2D eigenvalue weighted by molar-refractivity contribution is -0.143. The highest BCUT2D eigenvalue weighted by atomic mass is 32.2. The average Bonchev–Trinajstić information content (AvgIpc) is 3.06. The minimum Gasteiger partial charge on any atom is -0.349 e. The van der Waals surface area contributed by atoms with E-state index in [0.29, 0.717) is 6.42 Å². The van der Waals surface area contributed by atoms with E-state index in [1.54, 1.807) is 25.2 Å². The van der Waals surface area contributed by atoms with Gasteiger partial charge in [-0.1, -0.05) is 6.92 Å². The van der Waals surface area contributed by atoms with Gasteiger partial charge in [0.15, 0.2) is 9.84 Å². The highest BCUT2D eigenvalue weighted by Crippen LogP contribution is 2.23. The second-order valence-electron chi connectivity index (χ2n) is 7.20. The normalized spacial score (nSPS) is 19.3. The second-order valence-corrected chi connectivity index (χ2v) is 9.43. The van der Waals surface area contributed by atoms with E-state index in [9.17, 15) is 18.5 Å². The highest BCUT2D eigenvalue weighted by Gasteiger charge is 2.37. The first-order valence-corrected chi connectivity index (χ1v) is 10.9. The number of aromatic nitrogens is 1. The Morgan fingerprint density at radius 1 is 1.41 bits per heavy atom. The van der Waals surface area contributed by atoms with Crippen LogP contribution in [-0.4, -0.2) is 60.6 Å². The summed E-state index contributed by atoms with van der Waals surface area (Å²) in [5, 5.41) is 12.6. The standard InChI is InChI=1S/C19H28N4O3S/c1-6-8-22-14(2)10-16(15(22)3)11-17(12-20)19(24)23(21(4)5)18-7-9-27(25,26)13-18/h10-11,18H,6-9,13H2,1-5H3/b17-11-. The van der Waals surface area contributed by atoms with E-state index in [0.717, 1.165) is 29.9 Å².